The van der Waals surface area contributed by atoms with Crippen LogP contribution in [0.4, 0.5) is 8.78 Å². The summed E-state index contributed by atoms with van der Waals surface area (Å²) in [6.07, 6.45) is 5.49. The fourth-order valence-corrected chi connectivity index (χ4v) is 9.49. The smallest absolute Gasteiger partial charge is 0.374 e. The molecule has 1 aromatic rings. The van der Waals surface area contributed by atoms with Crippen molar-refractivity contribution in [3.8, 4) is 0 Å². The highest BCUT2D eigenvalue weighted by Gasteiger charge is 2.72. The molecule has 6 unspecified atom stereocenters. The first kappa shape index (κ1) is 28.3. The number of alkyl halides is 2. The minimum Gasteiger partial charge on any atom is -0.459 e. The summed E-state index contributed by atoms with van der Waals surface area (Å²) in [4.78, 5) is 39.0. The second-order valence-electron chi connectivity index (χ2n) is 12.3. The SMILES string of the molecule is CC1CC2(C)C(C[C@@H](C)[C@]2(COC(=O)c2ccco2)C(=O)SCF)C2C[C@H](F)C3=CC(=O)C=CC3(C)C2(C)O1. The number of thioether (sulfide) groups is 1. The average Bonchev–Trinajstić information content (AvgIpc) is 3.46. The van der Waals surface area contributed by atoms with E-state index in [1.165, 1.54) is 24.5 Å². The van der Waals surface area contributed by atoms with E-state index in [1.54, 1.807) is 12.1 Å². The molecule has 0 N–H and O–H groups in total. The normalized spacial score (nSPS) is 43.1. The van der Waals surface area contributed by atoms with Gasteiger partial charge in [-0.25, -0.2) is 13.6 Å². The van der Waals surface area contributed by atoms with Gasteiger partial charge in [-0.1, -0.05) is 31.7 Å². The maximum Gasteiger partial charge on any atom is 0.374 e. The molecule has 2 saturated carbocycles. The molecule has 0 bridgehead atoms. The number of ketones is 1. The maximum atomic E-state index is 16.0. The van der Waals surface area contributed by atoms with Crippen LogP contribution in [0.3, 0.4) is 0 Å². The van der Waals surface area contributed by atoms with Crippen molar-refractivity contribution in [3.05, 3.63) is 48.0 Å². The first-order valence-corrected chi connectivity index (χ1v) is 14.5. The summed E-state index contributed by atoms with van der Waals surface area (Å²) < 4.78 is 47.4. The van der Waals surface area contributed by atoms with Gasteiger partial charge in [-0.3, -0.25) is 9.59 Å². The zero-order chi connectivity index (χ0) is 28.4. The summed E-state index contributed by atoms with van der Waals surface area (Å²) >= 11 is 0.596. The van der Waals surface area contributed by atoms with E-state index in [1.807, 2.05) is 34.6 Å². The molecule has 6 nitrogen and oxygen atoms in total. The lowest BCUT2D eigenvalue weighted by atomic mass is 9.50. The first-order chi connectivity index (χ1) is 18.3. The largest absolute Gasteiger partial charge is 0.459 e. The number of fused-ring (bicyclic) bond motifs is 5. The van der Waals surface area contributed by atoms with E-state index in [-0.39, 0.29) is 53.5 Å². The van der Waals surface area contributed by atoms with E-state index in [9.17, 15) is 18.8 Å². The van der Waals surface area contributed by atoms with Crippen LogP contribution in [-0.2, 0) is 19.1 Å². The monoisotopic (exact) mass is 562 g/mol. The topological polar surface area (TPSA) is 82.8 Å². The van der Waals surface area contributed by atoms with Crippen molar-refractivity contribution in [1.29, 1.82) is 0 Å². The molecular formula is C30H36F2O6S. The fraction of sp³-hybridized carbons (Fsp3) is 0.633. The number of carbonyl (C=O) groups excluding carboxylic acids is 3. The molecule has 5 rings (SSSR count). The molecule has 1 saturated heterocycles. The number of allylic oxidation sites excluding steroid dienone is 2. The molecule has 1 aromatic heterocycles. The number of ether oxygens (including phenoxy) is 2. The molecule has 0 amide bonds. The first-order valence-electron chi connectivity index (χ1n) is 13.5. The summed E-state index contributed by atoms with van der Waals surface area (Å²) in [5, 5.41) is -0.367. The third kappa shape index (κ3) is 3.93. The lowest BCUT2D eigenvalue weighted by molar-refractivity contribution is -0.174. The molecule has 3 aliphatic carbocycles. The van der Waals surface area contributed by atoms with Crippen LogP contribution in [0.2, 0.25) is 0 Å². The van der Waals surface area contributed by atoms with Gasteiger partial charge in [0.05, 0.1) is 23.4 Å². The number of furan rings is 1. The van der Waals surface area contributed by atoms with Gasteiger partial charge in [0.1, 0.15) is 18.8 Å². The van der Waals surface area contributed by atoms with E-state index in [0.717, 1.165) is 0 Å². The maximum absolute atomic E-state index is 16.0. The lowest BCUT2D eigenvalue weighted by Crippen LogP contribution is -2.60. The summed E-state index contributed by atoms with van der Waals surface area (Å²) in [7, 11) is 0. The Bertz CT molecular complexity index is 1230. The highest BCUT2D eigenvalue weighted by atomic mass is 32.2. The third-order valence-electron chi connectivity index (χ3n) is 10.6. The second kappa shape index (κ2) is 9.68. The van der Waals surface area contributed by atoms with Crippen LogP contribution >= 0.6 is 11.8 Å². The zero-order valence-corrected chi connectivity index (χ0v) is 23.8. The van der Waals surface area contributed by atoms with Gasteiger partial charge >= 0.3 is 5.97 Å². The van der Waals surface area contributed by atoms with Crippen LogP contribution < -0.4 is 0 Å². The van der Waals surface area contributed by atoms with Crippen LogP contribution in [0.1, 0.15) is 64.4 Å². The minimum atomic E-state index is -1.35. The second-order valence-corrected chi connectivity index (χ2v) is 13.2. The Morgan fingerprint density at radius 2 is 1.92 bits per heavy atom. The lowest BCUT2D eigenvalue weighted by Gasteiger charge is -2.58. The Morgan fingerprint density at radius 1 is 1.18 bits per heavy atom. The van der Waals surface area contributed by atoms with Crippen molar-refractivity contribution >= 4 is 28.6 Å². The Kier molecular flexibility index (Phi) is 7.02. The molecule has 212 valence electrons. The predicted molar refractivity (Wildman–Crippen MR) is 142 cm³/mol. The number of hydrogen-bond donors (Lipinski definition) is 0. The molecule has 0 radical (unpaired) electrons. The van der Waals surface area contributed by atoms with E-state index in [4.69, 9.17) is 13.9 Å². The summed E-state index contributed by atoms with van der Waals surface area (Å²) in [6.45, 7) is 9.58. The molecule has 0 aromatic carbocycles. The molecule has 3 fully saturated rings. The van der Waals surface area contributed by atoms with Crippen LogP contribution in [0, 0.1) is 34.0 Å². The van der Waals surface area contributed by atoms with Gasteiger partial charge in [0.2, 0.25) is 10.9 Å². The predicted octanol–water partition coefficient (Wildman–Crippen LogP) is 6.27. The Labute approximate surface area is 231 Å². The summed E-state index contributed by atoms with van der Waals surface area (Å²) in [5.74, 6) is -1.68. The van der Waals surface area contributed by atoms with Gasteiger partial charge < -0.3 is 13.9 Å². The highest BCUT2D eigenvalue weighted by Crippen LogP contribution is 2.71. The summed E-state index contributed by atoms with van der Waals surface area (Å²) in [6, 6.07) is 2.16. The number of esters is 1. The van der Waals surface area contributed by atoms with E-state index in [2.05, 4.69) is 0 Å². The van der Waals surface area contributed by atoms with Gasteiger partial charge in [0.15, 0.2) is 5.78 Å². The molecular weight excluding hydrogens is 526 g/mol. The van der Waals surface area contributed by atoms with E-state index >= 15 is 4.39 Å². The Balaban J connectivity index is 1.61. The zero-order valence-electron chi connectivity index (χ0n) is 23.0. The van der Waals surface area contributed by atoms with Crippen LogP contribution in [0.5, 0.6) is 0 Å². The third-order valence-corrected chi connectivity index (χ3v) is 11.4. The van der Waals surface area contributed by atoms with Crippen LogP contribution in [0.25, 0.3) is 0 Å². The standard InChI is InChI=1S/C30H36F2O6S/c1-17-11-20-21-13-23(32)22-12-19(33)8-9-27(22,3)29(21,5)38-18(2)14-28(20,4)30(17,26(35)39-16-31)15-37-25(34)24-7-6-10-36-24/h6-10,12,17-18,20-21,23H,11,13-16H2,1-5H3/t17-,18?,20?,21?,23+,27?,28?,29?,30-/m1/s1. The van der Waals surface area contributed by atoms with Gasteiger partial charge in [0.25, 0.3) is 0 Å². The minimum absolute atomic E-state index is 0.0201. The number of rotatable bonds is 5. The fourth-order valence-electron chi connectivity index (χ4n) is 8.64. The van der Waals surface area contributed by atoms with Crippen molar-refractivity contribution in [2.75, 3.05) is 12.6 Å². The van der Waals surface area contributed by atoms with Crippen molar-refractivity contribution in [3.63, 3.8) is 0 Å². The van der Waals surface area contributed by atoms with E-state index in [0.29, 0.717) is 30.2 Å². The van der Waals surface area contributed by atoms with Crippen molar-refractivity contribution < 1.29 is 37.1 Å². The number of hydrogen-bond acceptors (Lipinski definition) is 7. The van der Waals surface area contributed by atoms with Crippen molar-refractivity contribution in [1.82, 2.24) is 0 Å². The molecule has 9 heteroatoms. The Morgan fingerprint density at radius 3 is 2.59 bits per heavy atom. The molecule has 1 aliphatic heterocycles. The van der Waals surface area contributed by atoms with Crippen LogP contribution in [-0.4, -0.2) is 47.4 Å². The van der Waals surface area contributed by atoms with Gasteiger partial charge in [-0.05, 0) is 93.1 Å². The van der Waals surface area contributed by atoms with Gasteiger partial charge in [-0.15, -0.1) is 0 Å². The molecule has 9 atom stereocenters. The van der Waals surface area contributed by atoms with E-state index < -0.39 is 40.0 Å². The van der Waals surface area contributed by atoms with Gasteiger partial charge in [-0.2, -0.15) is 0 Å². The Hall–Kier alpha value is -2.26. The highest BCUT2D eigenvalue weighted by molar-refractivity contribution is 8.13. The average molecular weight is 563 g/mol. The molecule has 2 heterocycles. The molecule has 39 heavy (non-hydrogen) atoms. The van der Waals surface area contributed by atoms with Crippen LogP contribution in [0.15, 0.2) is 46.6 Å². The van der Waals surface area contributed by atoms with Crippen molar-refractivity contribution in [2.45, 2.75) is 71.8 Å². The van der Waals surface area contributed by atoms with Gasteiger partial charge in [0, 0.05) is 5.41 Å². The molecule has 4 aliphatic rings. The number of halogens is 2. The molecule has 0 spiro atoms. The summed E-state index contributed by atoms with van der Waals surface area (Å²) in [5.41, 5.74) is -3.31. The number of carbonyl (C=O) groups is 3. The quantitative estimate of drug-likeness (QED) is 0.391. The van der Waals surface area contributed by atoms with Crippen molar-refractivity contribution in [2.24, 2.45) is 34.0 Å².